The molecular formula is C16H16O3. The summed E-state index contributed by atoms with van der Waals surface area (Å²) in [5.41, 5.74) is 0.583. The summed E-state index contributed by atoms with van der Waals surface area (Å²) in [5.74, 6) is 0.636. The van der Waals surface area contributed by atoms with E-state index in [2.05, 4.69) is 0 Å². The Morgan fingerprint density at radius 3 is 2.42 bits per heavy atom. The molecule has 0 amide bonds. The number of rotatable bonds is 5. The Morgan fingerprint density at radius 1 is 1.05 bits per heavy atom. The predicted octanol–water partition coefficient (Wildman–Crippen LogP) is 3.40. The first-order valence-electron chi connectivity index (χ1n) is 6.26. The number of ether oxygens (including phenoxy) is 1. The molecule has 0 N–H and O–H groups in total. The van der Waals surface area contributed by atoms with Crippen LogP contribution in [0.5, 0.6) is 5.75 Å². The zero-order valence-electron chi connectivity index (χ0n) is 11.1. The highest BCUT2D eigenvalue weighted by Crippen LogP contribution is 2.22. The van der Waals surface area contributed by atoms with Crippen LogP contribution in [0.25, 0.3) is 10.8 Å². The van der Waals surface area contributed by atoms with Gasteiger partial charge in [0.25, 0.3) is 0 Å². The fourth-order valence-corrected chi connectivity index (χ4v) is 1.93. The molecule has 2 aromatic carbocycles. The Bertz CT molecular complexity index is 629. The van der Waals surface area contributed by atoms with Gasteiger partial charge in [-0.3, -0.25) is 9.59 Å². The number of hydrogen-bond acceptors (Lipinski definition) is 3. The molecule has 0 saturated heterocycles. The smallest absolute Gasteiger partial charge is 0.170 e. The van der Waals surface area contributed by atoms with Gasteiger partial charge in [0.2, 0.25) is 0 Å². The van der Waals surface area contributed by atoms with Crippen molar-refractivity contribution in [2.75, 3.05) is 7.11 Å². The second kappa shape index (κ2) is 5.65. The Hall–Kier alpha value is -2.16. The van der Waals surface area contributed by atoms with Gasteiger partial charge in [0.05, 0.1) is 13.5 Å². The summed E-state index contributed by atoms with van der Waals surface area (Å²) >= 11 is 0. The van der Waals surface area contributed by atoms with E-state index in [-0.39, 0.29) is 18.0 Å². The van der Waals surface area contributed by atoms with Crippen molar-refractivity contribution in [3.8, 4) is 5.75 Å². The zero-order valence-corrected chi connectivity index (χ0v) is 11.1. The quantitative estimate of drug-likeness (QED) is 0.608. The topological polar surface area (TPSA) is 43.4 Å². The van der Waals surface area contributed by atoms with Gasteiger partial charge in [-0.1, -0.05) is 25.1 Å². The van der Waals surface area contributed by atoms with Crippen molar-refractivity contribution in [1.82, 2.24) is 0 Å². The molecule has 0 aliphatic heterocycles. The van der Waals surface area contributed by atoms with Crippen molar-refractivity contribution in [2.45, 2.75) is 19.8 Å². The van der Waals surface area contributed by atoms with Gasteiger partial charge in [0.15, 0.2) is 5.78 Å². The van der Waals surface area contributed by atoms with Gasteiger partial charge in [-0.2, -0.15) is 0 Å². The molecule has 19 heavy (non-hydrogen) atoms. The molecule has 3 nitrogen and oxygen atoms in total. The van der Waals surface area contributed by atoms with Crippen molar-refractivity contribution in [1.29, 1.82) is 0 Å². The minimum atomic E-state index is -0.121. The van der Waals surface area contributed by atoms with E-state index in [0.29, 0.717) is 12.0 Å². The number of carbonyl (C=O) groups excluding carboxylic acids is 2. The molecular weight excluding hydrogens is 240 g/mol. The monoisotopic (exact) mass is 256 g/mol. The molecule has 0 radical (unpaired) electrons. The van der Waals surface area contributed by atoms with Crippen LogP contribution in [0.2, 0.25) is 0 Å². The summed E-state index contributed by atoms with van der Waals surface area (Å²) in [6.45, 7) is 1.77. The van der Waals surface area contributed by atoms with E-state index in [0.717, 1.165) is 16.5 Å². The van der Waals surface area contributed by atoms with Crippen LogP contribution in [-0.4, -0.2) is 18.7 Å². The second-order valence-corrected chi connectivity index (χ2v) is 4.42. The third kappa shape index (κ3) is 2.99. The van der Waals surface area contributed by atoms with Crippen LogP contribution in [0.4, 0.5) is 0 Å². The lowest BCUT2D eigenvalue weighted by Gasteiger charge is -2.05. The standard InChI is InChI=1S/C16H16O3/c1-3-14(17)10-16(18)13-5-4-12-9-15(19-2)7-6-11(12)8-13/h4-9H,3,10H2,1-2H3. The van der Waals surface area contributed by atoms with Gasteiger partial charge in [0, 0.05) is 12.0 Å². The molecule has 0 saturated carbocycles. The van der Waals surface area contributed by atoms with Crippen molar-refractivity contribution in [3.05, 3.63) is 42.0 Å². The Morgan fingerprint density at radius 2 is 1.74 bits per heavy atom. The number of fused-ring (bicyclic) bond motifs is 1. The number of carbonyl (C=O) groups is 2. The maximum absolute atomic E-state index is 11.9. The average Bonchev–Trinajstić information content (AvgIpc) is 2.45. The molecule has 0 aliphatic carbocycles. The van der Waals surface area contributed by atoms with E-state index in [1.54, 1.807) is 20.1 Å². The maximum atomic E-state index is 11.9. The van der Waals surface area contributed by atoms with Crippen LogP contribution in [0.1, 0.15) is 30.1 Å². The Balaban J connectivity index is 2.31. The van der Waals surface area contributed by atoms with Gasteiger partial charge in [0.1, 0.15) is 11.5 Å². The lowest BCUT2D eigenvalue weighted by molar-refractivity contribution is -0.117. The van der Waals surface area contributed by atoms with Crippen LogP contribution in [-0.2, 0) is 4.79 Å². The van der Waals surface area contributed by atoms with Crippen molar-refractivity contribution >= 4 is 22.3 Å². The summed E-state index contributed by atoms with van der Waals surface area (Å²) in [4.78, 5) is 23.2. The van der Waals surface area contributed by atoms with E-state index < -0.39 is 0 Å². The van der Waals surface area contributed by atoms with Crippen molar-refractivity contribution in [3.63, 3.8) is 0 Å². The van der Waals surface area contributed by atoms with Crippen molar-refractivity contribution < 1.29 is 14.3 Å². The molecule has 0 bridgehead atoms. The fourth-order valence-electron chi connectivity index (χ4n) is 1.93. The molecule has 0 aliphatic rings. The van der Waals surface area contributed by atoms with Crippen LogP contribution in [0.3, 0.4) is 0 Å². The second-order valence-electron chi connectivity index (χ2n) is 4.42. The normalized spacial score (nSPS) is 10.4. The molecule has 0 heterocycles. The zero-order chi connectivity index (χ0) is 13.8. The number of ketones is 2. The molecule has 98 valence electrons. The van der Waals surface area contributed by atoms with Gasteiger partial charge < -0.3 is 4.74 Å². The number of benzene rings is 2. The van der Waals surface area contributed by atoms with Gasteiger partial charge >= 0.3 is 0 Å². The van der Waals surface area contributed by atoms with Crippen LogP contribution < -0.4 is 4.74 Å². The minimum absolute atomic E-state index is 0.0157. The molecule has 3 heteroatoms. The molecule has 0 fully saturated rings. The highest BCUT2D eigenvalue weighted by Gasteiger charge is 2.11. The number of methoxy groups -OCH3 is 1. The molecule has 2 rings (SSSR count). The third-order valence-corrected chi connectivity index (χ3v) is 3.12. The van der Waals surface area contributed by atoms with E-state index in [1.807, 2.05) is 30.3 Å². The number of Topliss-reactive ketones (excluding diaryl/α,β-unsaturated/α-hetero) is 2. The highest BCUT2D eigenvalue weighted by atomic mass is 16.5. The van der Waals surface area contributed by atoms with Gasteiger partial charge in [-0.25, -0.2) is 0 Å². The summed E-state index contributed by atoms with van der Waals surface area (Å²) in [5, 5.41) is 1.98. The summed E-state index contributed by atoms with van der Waals surface area (Å²) in [6, 6.07) is 11.1. The summed E-state index contributed by atoms with van der Waals surface area (Å²) in [6.07, 6.45) is 0.384. The van der Waals surface area contributed by atoms with Gasteiger partial charge in [-0.15, -0.1) is 0 Å². The predicted molar refractivity (Wildman–Crippen MR) is 74.7 cm³/mol. The van der Waals surface area contributed by atoms with E-state index in [9.17, 15) is 9.59 Å². The molecule has 0 spiro atoms. The van der Waals surface area contributed by atoms with E-state index in [4.69, 9.17) is 4.74 Å². The third-order valence-electron chi connectivity index (χ3n) is 3.12. The van der Waals surface area contributed by atoms with Crippen LogP contribution in [0, 0.1) is 0 Å². The first-order chi connectivity index (χ1) is 9.13. The first-order valence-corrected chi connectivity index (χ1v) is 6.26. The summed E-state index contributed by atoms with van der Waals surface area (Å²) < 4.78 is 5.16. The molecule has 0 unspecified atom stereocenters. The Labute approximate surface area is 112 Å². The largest absolute Gasteiger partial charge is 0.497 e. The molecule has 0 atom stereocenters. The SMILES string of the molecule is CCC(=O)CC(=O)c1ccc2cc(OC)ccc2c1. The minimum Gasteiger partial charge on any atom is -0.497 e. The van der Waals surface area contributed by atoms with Gasteiger partial charge in [-0.05, 0) is 29.0 Å². The molecule has 2 aromatic rings. The van der Waals surface area contributed by atoms with Crippen molar-refractivity contribution in [2.24, 2.45) is 0 Å². The summed E-state index contributed by atoms with van der Waals surface area (Å²) in [7, 11) is 1.62. The van der Waals surface area contributed by atoms with Crippen LogP contribution in [0.15, 0.2) is 36.4 Å². The van der Waals surface area contributed by atoms with E-state index >= 15 is 0 Å². The lowest BCUT2D eigenvalue weighted by atomic mass is 10.0. The number of hydrogen-bond donors (Lipinski definition) is 0. The maximum Gasteiger partial charge on any atom is 0.170 e. The Kier molecular flexibility index (Phi) is 3.95. The average molecular weight is 256 g/mol. The van der Waals surface area contributed by atoms with Crippen LogP contribution >= 0.6 is 0 Å². The molecule has 0 aromatic heterocycles. The van der Waals surface area contributed by atoms with E-state index in [1.165, 1.54) is 0 Å². The lowest BCUT2D eigenvalue weighted by Crippen LogP contribution is -2.06. The highest BCUT2D eigenvalue weighted by molar-refractivity contribution is 6.09. The fraction of sp³-hybridized carbons (Fsp3) is 0.250. The first kappa shape index (κ1) is 13.3.